The summed E-state index contributed by atoms with van der Waals surface area (Å²) in [5.74, 6) is -0.277. The molecule has 0 fully saturated rings. The minimum Gasteiger partial charge on any atom is -0.463 e. The van der Waals surface area contributed by atoms with Crippen molar-refractivity contribution in [1.82, 2.24) is 0 Å². The molecular formula is C6H12O4S. The van der Waals surface area contributed by atoms with Crippen molar-refractivity contribution in [1.29, 1.82) is 0 Å². The average Bonchev–Trinajstić information content (AvgIpc) is 2.04. The quantitative estimate of drug-likeness (QED) is 0.328. The van der Waals surface area contributed by atoms with Gasteiger partial charge in [0.2, 0.25) is 0 Å². The Morgan fingerprint density at radius 2 is 2.09 bits per heavy atom. The largest absolute Gasteiger partial charge is 0.463 e. The van der Waals surface area contributed by atoms with E-state index in [0.717, 1.165) is 0 Å². The molecule has 4 nitrogen and oxygen atoms in total. The van der Waals surface area contributed by atoms with Crippen LogP contribution in [0.25, 0.3) is 0 Å². The number of aliphatic hydroxyl groups excluding tert-OH is 1. The van der Waals surface area contributed by atoms with Gasteiger partial charge in [0.25, 0.3) is 0 Å². The predicted molar refractivity (Wildman–Crippen MR) is 42.7 cm³/mol. The fraction of sp³-hybridized carbons (Fsp3) is 0.833. The molecule has 0 aliphatic rings. The molecule has 0 unspecified atom stereocenters. The molecule has 1 N–H and O–H groups in total. The van der Waals surface area contributed by atoms with Crippen molar-refractivity contribution in [3.63, 3.8) is 0 Å². The third-order valence-corrected chi connectivity index (χ3v) is 1.11. The van der Waals surface area contributed by atoms with Crippen molar-refractivity contribution >= 4 is 18.6 Å². The Labute approximate surface area is 70.9 Å². The lowest BCUT2D eigenvalue weighted by Crippen LogP contribution is -2.12. The molecule has 0 saturated heterocycles. The second-order valence-corrected chi connectivity index (χ2v) is 2.03. The normalized spacial score (nSPS) is 9.64. The molecular weight excluding hydrogens is 168 g/mol. The molecule has 0 aromatic carbocycles. The molecule has 5 heteroatoms. The maximum absolute atomic E-state index is 10.4. The Bertz CT molecular complexity index is 107. The molecule has 0 aliphatic carbocycles. The van der Waals surface area contributed by atoms with Gasteiger partial charge in [0.05, 0.1) is 25.6 Å². The van der Waals surface area contributed by atoms with E-state index in [1.54, 1.807) is 0 Å². The van der Waals surface area contributed by atoms with Crippen LogP contribution in [0.2, 0.25) is 0 Å². The first-order chi connectivity index (χ1) is 5.31. The van der Waals surface area contributed by atoms with E-state index in [2.05, 4.69) is 17.4 Å². The molecule has 0 rings (SSSR count). The first kappa shape index (κ1) is 10.7. The summed E-state index contributed by atoms with van der Waals surface area (Å²) in [6.45, 7) is 0.804. The van der Waals surface area contributed by atoms with Gasteiger partial charge in [-0.15, -0.1) is 0 Å². The van der Waals surface area contributed by atoms with Crippen LogP contribution in [0, 0.1) is 0 Å². The van der Waals surface area contributed by atoms with E-state index < -0.39 is 0 Å². The lowest BCUT2D eigenvalue weighted by Gasteiger charge is -2.02. The molecule has 0 atom stereocenters. The van der Waals surface area contributed by atoms with Gasteiger partial charge in [-0.25, -0.2) is 0 Å². The molecule has 66 valence electrons. The summed E-state index contributed by atoms with van der Waals surface area (Å²) in [7, 11) is 0. The molecule has 0 amide bonds. The second-order valence-electron chi connectivity index (χ2n) is 1.71. The van der Waals surface area contributed by atoms with Crippen LogP contribution >= 0.6 is 12.6 Å². The summed E-state index contributed by atoms with van der Waals surface area (Å²) in [6.07, 6.45) is 0. The number of rotatable bonds is 6. The zero-order valence-electron chi connectivity index (χ0n) is 6.15. The SMILES string of the molecule is O=C(CS)OCCOCCO. The van der Waals surface area contributed by atoms with Gasteiger partial charge in [-0.3, -0.25) is 4.79 Å². The van der Waals surface area contributed by atoms with Crippen molar-refractivity contribution in [2.24, 2.45) is 0 Å². The Hall–Kier alpha value is -0.260. The summed E-state index contributed by atoms with van der Waals surface area (Å²) < 4.78 is 9.44. The Morgan fingerprint density at radius 3 is 2.64 bits per heavy atom. The van der Waals surface area contributed by atoms with E-state index >= 15 is 0 Å². The number of carbonyl (C=O) groups excluding carboxylic acids is 1. The van der Waals surface area contributed by atoms with Gasteiger partial charge in [-0.1, -0.05) is 0 Å². The van der Waals surface area contributed by atoms with Crippen molar-refractivity contribution in [2.75, 3.05) is 32.2 Å². The van der Waals surface area contributed by atoms with Crippen LogP contribution in [0.5, 0.6) is 0 Å². The highest BCUT2D eigenvalue weighted by molar-refractivity contribution is 7.81. The fourth-order valence-corrected chi connectivity index (χ4v) is 0.518. The Balaban J connectivity index is 2.95. The number of hydrogen-bond acceptors (Lipinski definition) is 5. The number of ether oxygens (including phenoxy) is 2. The van der Waals surface area contributed by atoms with E-state index in [9.17, 15) is 4.79 Å². The molecule has 0 spiro atoms. The second kappa shape index (κ2) is 7.84. The van der Waals surface area contributed by atoms with Gasteiger partial charge in [0.15, 0.2) is 0 Å². The van der Waals surface area contributed by atoms with Crippen molar-refractivity contribution in [3.05, 3.63) is 0 Å². The van der Waals surface area contributed by atoms with Crippen molar-refractivity contribution < 1.29 is 19.4 Å². The molecule has 0 bridgehead atoms. The van der Waals surface area contributed by atoms with Crippen LogP contribution in [-0.4, -0.2) is 43.3 Å². The van der Waals surface area contributed by atoms with Crippen molar-refractivity contribution in [2.45, 2.75) is 0 Å². The number of aliphatic hydroxyl groups is 1. The van der Waals surface area contributed by atoms with E-state index in [1.807, 2.05) is 0 Å². The third-order valence-electron chi connectivity index (χ3n) is 0.855. The zero-order valence-corrected chi connectivity index (χ0v) is 7.05. The highest BCUT2D eigenvalue weighted by atomic mass is 32.1. The van der Waals surface area contributed by atoms with Crippen molar-refractivity contribution in [3.8, 4) is 0 Å². The topological polar surface area (TPSA) is 55.8 Å². The maximum Gasteiger partial charge on any atom is 0.315 e. The third kappa shape index (κ3) is 7.64. The Morgan fingerprint density at radius 1 is 1.36 bits per heavy atom. The summed E-state index contributed by atoms with van der Waals surface area (Å²) in [5.41, 5.74) is 0. The summed E-state index contributed by atoms with van der Waals surface area (Å²) in [6, 6.07) is 0. The number of esters is 1. The van der Waals surface area contributed by atoms with Gasteiger partial charge < -0.3 is 14.6 Å². The highest BCUT2D eigenvalue weighted by Crippen LogP contribution is 1.82. The van der Waals surface area contributed by atoms with Gasteiger partial charge >= 0.3 is 5.97 Å². The van der Waals surface area contributed by atoms with Crippen LogP contribution in [0.15, 0.2) is 0 Å². The maximum atomic E-state index is 10.4. The molecule has 0 radical (unpaired) electrons. The molecule has 0 aromatic rings. The average molecular weight is 180 g/mol. The molecule has 0 aliphatic heterocycles. The van der Waals surface area contributed by atoms with E-state index in [-0.39, 0.29) is 31.5 Å². The smallest absolute Gasteiger partial charge is 0.315 e. The van der Waals surface area contributed by atoms with Crippen LogP contribution in [0.1, 0.15) is 0 Å². The van der Waals surface area contributed by atoms with Gasteiger partial charge in [0.1, 0.15) is 6.61 Å². The van der Waals surface area contributed by atoms with Gasteiger partial charge in [-0.2, -0.15) is 12.6 Å². The lowest BCUT2D eigenvalue weighted by atomic mass is 10.7. The number of thiol groups is 1. The van der Waals surface area contributed by atoms with Crippen LogP contribution in [-0.2, 0) is 14.3 Å². The highest BCUT2D eigenvalue weighted by Gasteiger charge is 1.96. The minimum absolute atomic E-state index is 0.0134. The summed E-state index contributed by atoms with van der Waals surface area (Å²) in [5, 5.41) is 8.28. The van der Waals surface area contributed by atoms with Crippen LogP contribution in [0.4, 0.5) is 0 Å². The molecule has 0 heterocycles. The molecule has 0 aromatic heterocycles. The van der Waals surface area contributed by atoms with Crippen LogP contribution in [0.3, 0.4) is 0 Å². The fourth-order valence-electron chi connectivity index (χ4n) is 0.427. The van der Waals surface area contributed by atoms with Gasteiger partial charge in [0, 0.05) is 0 Å². The lowest BCUT2D eigenvalue weighted by molar-refractivity contribution is -0.142. The standard InChI is InChI=1S/C6H12O4S/c7-1-2-9-3-4-10-6(8)5-11/h7,11H,1-5H2. The molecule has 0 saturated carbocycles. The molecule has 11 heavy (non-hydrogen) atoms. The van der Waals surface area contributed by atoms with E-state index in [0.29, 0.717) is 6.61 Å². The zero-order chi connectivity index (χ0) is 8.53. The predicted octanol–water partition coefficient (Wildman–Crippen LogP) is -0.532. The van der Waals surface area contributed by atoms with E-state index in [4.69, 9.17) is 9.84 Å². The summed E-state index contributed by atoms with van der Waals surface area (Å²) >= 11 is 3.70. The number of carbonyl (C=O) groups is 1. The number of hydrogen-bond donors (Lipinski definition) is 2. The first-order valence-corrected chi connectivity index (χ1v) is 3.89. The minimum atomic E-state index is -0.360. The first-order valence-electron chi connectivity index (χ1n) is 3.26. The Kier molecular flexibility index (Phi) is 7.66. The van der Waals surface area contributed by atoms with Gasteiger partial charge in [-0.05, 0) is 0 Å². The van der Waals surface area contributed by atoms with Crippen LogP contribution < -0.4 is 0 Å². The van der Waals surface area contributed by atoms with E-state index in [1.165, 1.54) is 0 Å². The summed E-state index contributed by atoms with van der Waals surface area (Å²) in [4.78, 5) is 10.4. The monoisotopic (exact) mass is 180 g/mol.